The normalized spacial score (nSPS) is 15.2. The van der Waals surface area contributed by atoms with Gasteiger partial charge in [0.15, 0.2) is 5.75 Å². The molecule has 0 amide bonds. The molecule has 0 aromatic heterocycles. The van der Waals surface area contributed by atoms with Crippen LogP contribution < -0.4 is 4.74 Å². The van der Waals surface area contributed by atoms with Crippen molar-refractivity contribution in [2.24, 2.45) is 0 Å². The molecule has 3 rings (SSSR count). The molecule has 1 aliphatic rings. The van der Waals surface area contributed by atoms with Crippen LogP contribution in [0.1, 0.15) is 0 Å². The number of morpholine rings is 1. The molecule has 1 heterocycles. The van der Waals surface area contributed by atoms with Gasteiger partial charge in [-0.05, 0) is 36.4 Å². The van der Waals surface area contributed by atoms with Gasteiger partial charge in [0, 0.05) is 34.8 Å². The Labute approximate surface area is 177 Å². The topological polar surface area (TPSA) is 99.0 Å². The molecule has 8 nitrogen and oxygen atoms in total. The van der Waals surface area contributed by atoms with Gasteiger partial charge in [-0.1, -0.05) is 11.6 Å². The summed E-state index contributed by atoms with van der Waals surface area (Å²) in [5, 5.41) is 12.1. The lowest BCUT2D eigenvalue weighted by atomic mass is 10.3. The third-order valence-electron chi connectivity index (χ3n) is 4.16. The van der Waals surface area contributed by atoms with Gasteiger partial charge in [0.1, 0.15) is 0 Å². The van der Waals surface area contributed by atoms with E-state index in [0.717, 1.165) is 11.0 Å². The van der Waals surface area contributed by atoms with E-state index in [-0.39, 0.29) is 36.0 Å². The van der Waals surface area contributed by atoms with Crippen LogP contribution in [-0.2, 0) is 14.8 Å². The van der Waals surface area contributed by atoms with Crippen molar-refractivity contribution in [2.45, 2.75) is 9.79 Å². The van der Waals surface area contributed by atoms with Crippen molar-refractivity contribution < 1.29 is 22.8 Å². The SMILES string of the molecule is O=[N+]([O-])c1cc(S(=O)(=O)N2CCOCC2)ccc1OCCSc1ccc(Cl)cc1. The van der Waals surface area contributed by atoms with E-state index >= 15 is 0 Å². The van der Waals surface area contributed by atoms with Crippen LogP contribution in [0.5, 0.6) is 5.75 Å². The zero-order chi connectivity index (χ0) is 20.9. The van der Waals surface area contributed by atoms with E-state index in [9.17, 15) is 18.5 Å². The van der Waals surface area contributed by atoms with Gasteiger partial charge in [0.2, 0.25) is 10.0 Å². The van der Waals surface area contributed by atoms with E-state index in [2.05, 4.69) is 0 Å². The highest BCUT2D eigenvalue weighted by molar-refractivity contribution is 7.99. The number of thioether (sulfide) groups is 1. The zero-order valence-corrected chi connectivity index (χ0v) is 17.7. The molecule has 1 saturated heterocycles. The van der Waals surface area contributed by atoms with Crippen LogP contribution in [0, 0.1) is 10.1 Å². The van der Waals surface area contributed by atoms with Gasteiger partial charge >= 0.3 is 5.69 Å². The molecule has 0 radical (unpaired) electrons. The summed E-state index contributed by atoms with van der Waals surface area (Å²) in [6.45, 7) is 1.26. The third-order valence-corrected chi connectivity index (χ3v) is 7.28. The van der Waals surface area contributed by atoms with Crippen LogP contribution in [0.25, 0.3) is 0 Å². The number of nitrogens with zero attached hydrogens (tertiary/aromatic N) is 2. The van der Waals surface area contributed by atoms with Crippen molar-refractivity contribution in [3.8, 4) is 5.75 Å². The summed E-state index contributed by atoms with van der Waals surface area (Å²) < 4.78 is 37.4. The van der Waals surface area contributed by atoms with Crippen molar-refractivity contribution in [1.29, 1.82) is 0 Å². The van der Waals surface area contributed by atoms with Crippen molar-refractivity contribution in [3.63, 3.8) is 0 Å². The molecule has 156 valence electrons. The fourth-order valence-corrected chi connectivity index (χ4v) is 4.99. The smallest absolute Gasteiger partial charge is 0.312 e. The quantitative estimate of drug-likeness (QED) is 0.258. The van der Waals surface area contributed by atoms with Crippen LogP contribution in [0.3, 0.4) is 0 Å². The Morgan fingerprint density at radius 1 is 1.17 bits per heavy atom. The highest BCUT2D eigenvalue weighted by atomic mass is 35.5. The maximum Gasteiger partial charge on any atom is 0.312 e. The summed E-state index contributed by atoms with van der Waals surface area (Å²) >= 11 is 7.37. The van der Waals surface area contributed by atoms with E-state index in [1.807, 2.05) is 12.1 Å². The highest BCUT2D eigenvalue weighted by Gasteiger charge is 2.29. The second kappa shape index (κ2) is 9.77. The Hall–Kier alpha value is -1.85. The molecule has 0 spiro atoms. The van der Waals surface area contributed by atoms with Gasteiger partial charge in [-0.3, -0.25) is 10.1 Å². The van der Waals surface area contributed by atoms with Crippen molar-refractivity contribution in [2.75, 3.05) is 38.7 Å². The lowest BCUT2D eigenvalue weighted by Gasteiger charge is -2.26. The molecular formula is C18H19ClN2O6S2. The Bertz CT molecular complexity index is 963. The molecule has 0 N–H and O–H groups in total. The maximum absolute atomic E-state index is 12.7. The number of hydrogen-bond donors (Lipinski definition) is 0. The molecule has 0 bridgehead atoms. The molecular weight excluding hydrogens is 440 g/mol. The molecule has 29 heavy (non-hydrogen) atoms. The lowest BCUT2D eigenvalue weighted by molar-refractivity contribution is -0.386. The van der Waals surface area contributed by atoms with E-state index in [1.165, 1.54) is 28.2 Å². The van der Waals surface area contributed by atoms with Gasteiger partial charge in [0.05, 0.1) is 29.6 Å². The number of nitro groups is 1. The Morgan fingerprint density at radius 2 is 1.86 bits per heavy atom. The third kappa shape index (κ3) is 5.61. The van der Waals surface area contributed by atoms with Gasteiger partial charge < -0.3 is 9.47 Å². The predicted molar refractivity (Wildman–Crippen MR) is 110 cm³/mol. The summed E-state index contributed by atoms with van der Waals surface area (Å²) in [6, 6.07) is 11.0. The van der Waals surface area contributed by atoms with Crippen molar-refractivity contribution >= 4 is 39.1 Å². The highest BCUT2D eigenvalue weighted by Crippen LogP contribution is 2.31. The number of benzene rings is 2. The monoisotopic (exact) mass is 458 g/mol. The second-order valence-corrected chi connectivity index (χ2v) is 9.60. The van der Waals surface area contributed by atoms with E-state index in [4.69, 9.17) is 21.1 Å². The molecule has 2 aromatic rings. The standard InChI is InChI=1S/C18H19ClN2O6S2/c19-14-1-3-15(4-2-14)28-12-11-27-18-6-5-16(13-17(18)21(22)23)29(24,25)20-7-9-26-10-8-20/h1-6,13H,7-12H2. The summed E-state index contributed by atoms with van der Waals surface area (Å²) in [5.74, 6) is 0.597. The van der Waals surface area contributed by atoms with Crippen LogP contribution >= 0.6 is 23.4 Å². The van der Waals surface area contributed by atoms with Gasteiger partial charge in [0.25, 0.3) is 0 Å². The molecule has 0 unspecified atom stereocenters. The minimum Gasteiger partial charge on any atom is -0.486 e. The van der Waals surface area contributed by atoms with Crippen LogP contribution in [0.2, 0.25) is 5.02 Å². The number of sulfonamides is 1. The molecule has 0 saturated carbocycles. The summed E-state index contributed by atoms with van der Waals surface area (Å²) in [6.07, 6.45) is 0. The van der Waals surface area contributed by atoms with E-state index in [0.29, 0.717) is 24.0 Å². The van der Waals surface area contributed by atoms with Gasteiger partial charge in [-0.2, -0.15) is 4.31 Å². The maximum atomic E-state index is 12.7. The number of halogens is 1. The zero-order valence-electron chi connectivity index (χ0n) is 15.3. The minimum absolute atomic E-state index is 0.0348. The molecule has 1 aliphatic heterocycles. The van der Waals surface area contributed by atoms with Crippen LogP contribution in [0.4, 0.5) is 5.69 Å². The first-order valence-corrected chi connectivity index (χ1v) is 11.6. The minimum atomic E-state index is -3.82. The fraction of sp³-hybridized carbons (Fsp3) is 0.333. The first-order chi connectivity index (χ1) is 13.9. The second-order valence-electron chi connectivity index (χ2n) is 6.05. The number of nitro benzene ring substituents is 1. The van der Waals surface area contributed by atoms with Gasteiger partial charge in [-0.15, -0.1) is 11.8 Å². The number of hydrogen-bond acceptors (Lipinski definition) is 7. The van der Waals surface area contributed by atoms with E-state index < -0.39 is 14.9 Å². The van der Waals surface area contributed by atoms with Crippen LogP contribution in [0.15, 0.2) is 52.3 Å². The molecule has 0 aliphatic carbocycles. The summed E-state index contributed by atoms with van der Waals surface area (Å²) in [4.78, 5) is 11.7. The van der Waals surface area contributed by atoms with Crippen molar-refractivity contribution in [1.82, 2.24) is 4.31 Å². The summed E-state index contributed by atoms with van der Waals surface area (Å²) in [5.41, 5.74) is -0.379. The number of ether oxygens (including phenoxy) is 2. The predicted octanol–water partition coefficient (Wildman–Crippen LogP) is 3.44. The fourth-order valence-electron chi connectivity index (χ4n) is 2.70. The average molecular weight is 459 g/mol. The molecule has 11 heteroatoms. The molecule has 2 aromatic carbocycles. The van der Waals surface area contributed by atoms with Crippen molar-refractivity contribution in [3.05, 3.63) is 57.6 Å². The van der Waals surface area contributed by atoms with Crippen LogP contribution in [-0.4, -0.2) is 56.3 Å². The Morgan fingerprint density at radius 3 is 2.52 bits per heavy atom. The Kier molecular flexibility index (Phi) is 7.36. The Balaban J connectivity index is 1.67. The molecule has 0 atom stereocenters. The first-order valence-electron chi connectivity index (χ1n) is 8.75. The lowest BCUT2D eigenvalue weighted by Crippen LogP contribution is -2.40. The number of rotatable bonds is 8. The first kappa shape index (κ1) is 21.8. The van der Waals surface area contributed by atoms with E-state index in [1.54, 1.807) is 12.1 Å². The van der Waals surface area contributed by atoms with Gasteiger partial charge in [-0.25, -0.2) is 8.42 Å². The largest absolute Gasteiger partial charge is 0.486 e. The average Bonchev–Trinajstić information content (AvgIpc) is 2.73. The molecule has 1 fully saturated rings. The summed E-state index contributed by atoms with van der Waals surface area (Å²) in [7, 11) is -3.82.